The minimum atomic E-state index is -3.04. The fraction of sp³-hybridized carbons (Fsp3) is 0.875. The van der Waals surface area contributed by atoms with E-state index in [1.165, 1.54) is 0 Å². The highest BCUT2D eigenvalue weighted by molar-refractivity contribution is 7.92. The van der Waals surface area contributed by atoms with Crippen LogP contribution in [0.3, 0.4) is 0 Å². The molecule has 2 amide bonds. The van der Waals surface area contributed by atoms with Crippen molar-refractivity contribution in [2.24, 2.45) is 0 Å². The fourth-order valence-electron chi connectivity index (χ4n) is 1.40. The van der Waals surface area contributed by atoms with Crippen LogP contribution in [0.1, 0.15) is 6.92 Å². The lowest BCUT2D eigenvalue weighted by atomic mass is 10.4. The van der Waals surface area contributed by atoms with Crippen molar-refractivity contribution in [1.29, 1.82) is 0 Å². The Morgan fingerprint density at radius 2 is 2.20 bits per heavy atom. The van der Waals surface area contributed by atoms with Gasteiger partial charge in [0.05, 0.1) is 11.0 Å². The molecule has 0 aromatic rings. The van der Waals surface area contributed by atoms with E-state index in [0.29, 0.717) is 19.6 Å². The van der Waals surface area contributed by atoms with Crippen molar-refractivity contribution in [3.63, 3.8) is 0 Å². The Labute approximate surface area is 89.7 Å². The lowest BCUT2D eigenvalue weighted by Crippen LogP contribution is -2.50. The molecule has 1 saturated heterocycles. The zero-order valence-electron chi connectivity index (χ0n) is 8.75. The van der Waals surface area contributed by atoms with E-state index in [9.17, 15) is 13.2 Å². The highest BCUT2D eigenvalue weighted by atomic mass is 32.2. The van der Waals surface area contributed by atoms with Crippen LogP contribution in [0.15, 0.2) is 0 Å². The number of hydrogen-bond donors (Lipinski definition) is 3. The lowest BCUT2D eigenvalue weighted by molar-refractivity contribution is 0.241. The number of carbonyl (C=O) groups is 1. The van der Waals surface area contributed by atoms with Gasteiger partial charge in [-0.3, -0.25) is 0 Å². The molecule has 1 aliphatic heterocycles. The normalized spacial score (nSPS) is 24.5. The van der Waals surface area contributed by atoms with Crippen molar-refractivity contribution in [1.82, 2.24) is 16.0 Å². The van der Waals surface area contributed by atoms with Gasteiger partial charge in [0.1, 0.15) is 0 Å². The molecular formula is C8H17N3O3S. The first-order chi connectivity index (χ1) is 7.06. The summed E-state index contributed by atoms with van der Waals surface area (Å²) in [5.74, 6) is 0.148. The molecule has 1 aliphatic rings. The van der Waals surface area contributed by atoms with Crippen molar-refractivity contribution >= 4 is 15.9 Å². The molecule has 0 radical (unpaired) electrons. The van der Waals surface area contributed by atoms with Crippen molar-refractivity contribution in [2.75, 3.05) is 31.9 Å². The Morgan fingerprint density at radius 3 is 2.80 bits per heavy atom. The summed E-state index contributed by atoms with van der Waals surface area (Å²) < 4.78 is 23.1. The number of carbonyl (C=O) groups excluding carboxylic acids is 1. The smallest absolute Gasteiger partial charge is 0.314 e. The van der Waals surface area contributed by atoms with Crippen LogP contribution < -0.4 is 16.0 Å². The first kappa shape index (κ1) is 12.3. The minimum Gasteiger partial charge on any atom is -0.338 e. The van der Waals surface area contributed by atoms with Crippen LogP contribution in [0.5, 0.6) is 0 Å². The minimum absolute atomic E-state index is 0.148. The van der Waals surface area contributed by atoms with E-state index < -0.39 is 15.1 Å². The molecule has 15 heavy (non-hydrogen) atoms. The number of urea groups is 1. The molecule has 0 aliphatic carbocycles. The van der Waals surface area contributed by atoms with Gasteiger partial charge in [0.2, 0.25) is 0 Å². The van der Waals surface area contributed by atoms with Gasteiger partial charge >= 0.3 is 6.03 Å². The second kappa shape index (κ2) is 5.32. The summed E-state index contributed by atoms with van der Waals surface area (Å²) >= 11 is 0. The molecule has 0 aromatic heterocycles. The van der Waals surface area contributed by atoms with Crippen LogP contribution in [0.25, 0.3) is 0 Å². The van der Waals surface area contributed by atoms with Gasteiger partial charge in [-0.25, -0.2) is 13.2 Å². The Hall–Kier alpha value is -0.820. The molecular weight excluding hydrogens is 218 g/mol. The zero-order chi connectivity index (χ0) is 11.3. The van der Waals surface area contributed by atoms with Gasteiger partial charge in [0.15, 0.2) is 9.84 Å². The van der Waals surface area contributed by atoms with Crippen molar-refractivity contribution < 1.29 is 13.2 Å². The number of hydrogen-bond acceptors (Lipinski definition) is 4. The number of amides is 2. The Morgan fingerprint density at radius 1 is 1.47 bits per heavy atom. The van der Waals surface area contributed by atoms with E-state index in [0.717, 1.165) is 0 Å². The molecule has 0 spiro atoms. The van der Waals surface area contributed by atoms with E-state index in [4.69, 9.17) is 0 Å². The van der Waals surface area contributed by atoms with Crippen molar-refractivity contribution in [3.05, 3.63) is 0 Å². The van der Waals surface area contributed by atoms with Crippen LogP contribution in [-0.2, 0) is 9.84 Å². The van der Waals surface area contributed by atoms with Crippen molar-refractivity contribution in [2.45, 2.75) is 12.2 Å². The molecule has 3 N–H and O–H groups in total. The Kier molecular flexibility index (Phi) is 4.34. The van der Waals surface area contributed by atoms with Crippen molar-refractivity contribution in [3.8, 4) is 0 Å². The predicted molar refractivity (Wildman–Crippen MR) is 57.5 cm³/mol. The van der Waals surface area contributed by atoms with Crippen LogP contribution in [0.4, 0.5) is 4.79 Å². The fourth-order valence-corrected chi connectivity index (χ4v) is 2.87. The standard InChI is InChI=1S/C8H17N3O3S/c1-2-10-8(12)11-6-7-5-9-3-4-15(7,13)14/h7,9H,2-6H2,1H3,(H2,10,11,12). The summed E-state index contributed by atoms with van der Waals surface area (Å²) in [4.78, 5) is 11.1. The second-order valence-corrected chi connectivity index (χ2v) is 5.83. The Bertz CT molecular complexity index is 315. The molecule has 0 saturated carbocycles. The highest BCUT2D eigenvalue weighted by Gasteiger charge is 2.28. The second-order valence-electron chi connectivity index (χ2n) is 3.43. The van der Waals surface area contributed by atoms with Crippen LogP contribution >= 0.6 is 0 Å². The summed E-state index contributed by atoms with van der Waals surface area (Å²) in [6, 6.07) is -0.321. The largest absolute Gasteiger partial charge is 0.338 e. The van der Waals surface area contributed by atoms with Gasteiger partial charge in [-0.15, -0.1) is 0 Å². The molecule has 6 nitrogen and oxygen atoms in total. The Balaban J connectivity index is 2.40. The molecule has 1 unspecified atom stereocenters. The highest BCUT2D eigenvalue weighted by Crippen LogP contribution is 2.04. The van der Waals surface area contributed by atoms with Gasteiger partial charge in [0.25, 0.3) is 0 Å². The molecule has 1 rings (SSSR count). The van der Waals surface area contributed by atoms with Gasteiger partial charge < -0.3 is 16.0 Å². The predicted octanol–water partition coefficient (Wildman–Crippen LogP) is -1.31. The summed E-state index contributed by atoms with van der Waals surface area (Å²) in [5, 5.41) is 7.58. The van der Waals surface area contributed by atoms with E-state index >= 15 is 0 Å². The maximum atomic E-state index is 11.5. The molecule has 7 heteroatoms. The SMILES string of the molecule is CCNC(=O)NCC1CNCCS1(=O)=O. The maximum absolute atomic E-state index is 11.5. The first-order valence-corrected chi connectivity index (χ1v) is 6.72. The van der Waals surface area contributed by atoms with E-state index in [1.54, 1.807) is 6.92 Å². The average Bonchev–Trinajstić information content (AvgIpc) is 2.16. The van der Waals surface area contributed by atoms with Gasteiger partial charge in [-0.2, -0.15) is 0 Å². The first-order valence-electron chi connectivity index (χ1n) is 5.00. The molecule has 0 aromatic carbocycles. The summed E-state index contributed by atoms with van der Waals surface area (Å²) in [5.41, 5.74) is 0. The third-order valence-corrected chi connectivity index (χ3v) is 4.39. The summed E-state index contributed by atoms with van der Waals surface area (Å²) in [6.07, 6.45) is 0. The maximum Gasteiger partial charge on any atom is 0.314 e. The number of sulfone groups is 1. The monoisotopic (exact) mass is 235 g/mol. The van der Waals surface area contributed by atoms with E-state index in [2.05, 4.69) is 16.0 Å². The number of nitrogens with one attached hydrogen (secondary N) is 3. The van der Waals surface area contributed by atoms with Gasteiger partial charge in [-0.05, 0) is 6.92 Å². The topological polar surface area (TPSA) is 87.3 Å². The average molecular weight is 235 g/mol. The third-order valence-electron chi connectivity index (χ3n) is 2.27. The lowest BCUT2D eigenvalue weighted by Gasteiger charge is -2.23. The van der Waals surface area contributed by atoms with Crippen LogP contribution in [0, 0.1) is 0 Å². The zero-order valence-corrected chi connectivity index (χ0v) is 9.56. The van der Waals surface area contributed by atoms with Gasteiger partial charge in [0, 0.05) is 26.2 Å². The van der Waals surface area contributed by atoms with Gasteiger partial charge in [-0.1, -0.05) is 0 Å². The third kappa shape index (κ3) is 3.67. The van der Waals surface area contributed by atoms with Crippen LogP contribution in [-0.4, -0.2) is 51.6 Å². The quantitative estimate of drug-likeness (QED) is 0.567. The number of rotatable bonds is 3. The molecule has 0 bridgehead atoms. The van der Waals surface area contributed by atoms with E-state index in [-0.39, 0.29) is 18.3 Å². The summed E-state index contributed by atoms with van der Waals surface area (Å²) in [6.45, 7) is 3.41. The molecule has 1 atom stereocenters. The molecule has 1 fully saturated rings. The summed E-state index contributed by atoms with van der Waals surface area (Å²) in [7, 11) is -3.04. The molecule has 88 valence electrons. The van der Waals surface area contributed by atoms with E-state index in [1.807, 2.05) is 0 Å². The molecule has 1 heterocycles. The van der Waals surface area contributed by atoms with Crippen LogP contribution in [0.2, 0.25) is 0 Å².